The predicted octanol–water partition coefficient (Wildman–Crippen LogP) is 2.59. The number of nitrogens with one attached hydrogen (secondary N) is 1. The summed E-state index contributed by atoms with van der Waals surface area (Å²) in [5.74, 6) is 1.26. The minimum Gasteiger partial charge on any atom is -0.341 e. The molecular weight excluding hydrogens is 248 g/mol. The van der Waals surface area contributed by atoms with Crippen LogP contribution in [0, 0.1) is 5.92 Å². The van der Waals surface area contributed by atoms with Gasteiger partial charge in [0.1, 0.15) is 0 Å². The van der Waals surface area contributed by atoms with Gasteiger partial charge >= 0.3 is 0 Å². The van der Waals surface area contributed by atoms with Gasteiger partial charge in [-0.15, -0.1) is 12.4 Å². The summed E-state index contributed by atoms with van der Waals surface area (Å²) in [6.45, 7) is 2.04. The summed E-state index contributed by atoms with van der Waals surface area (Å²) in [5, 5.41) is 3.32. The van der Waals surface area contributed by atoms with E-state index in [1.807, 2.05) is 11.9 Å². The van der Waals surface area contributed by atoms with Crippen LogP contribution in [-0.4, -0.2) is 37.0 Å². The van der Waals surface area contributed by atoms with Crippen LogP contribution in [0.15, 0.2) is 0 Å². The van der Waals surface area contributed by atoms with Crippen molar-refractivity contribution in [3.63, 3.8) is 0 Å². The van der Waals surface area contributed by atoms with Crippen LogP contribution in [0.4, 0.5) is 0 Å². The van der Waals surface area contributed by atoms with Crippen molar-refractivity contribution >= 4 is 18.3 Å². The fourth-order valence-electron chi connectivity index (χ4n) is 3.19. The molecule has 2 aliphatic rings. The molecule has 1 N–H and O–H groups in total. The van der Waals surface area contributed by atoms with Gasteiger partial charge in [-0.05, 0) is 31.7 Å². The minimum atomic E-state index is 0. The number of amides is 1. The molecule has 0 spiro atoms. The van der Waals surface area contributed by atoms with E-state index in [0.717, 1.165) is 38.3 Å². The SMILES string of the molecule is CN(C(=O)CCCC1CCCC1)C1CCNC1.Cl. The molecule has 0 aromatic rings. The van der Waals surface area contributed by atoms with E-state index in [0.29, 0.717) is 11.9 Å². The van der Waals surface area contributed by atoms with Crippen LogP contribution >= 0.6 is 12.4 Å². The van der Waals surface area contributed by atoms with Crippen molar-refractivity contribution in [1.82, 2.24) is 10.2 Å². The maximum atomic E-state index is 12.0. The Balaban J connectivity index is 0.00000162. The first-order valence-electron chi connectivity index (χ1n) is 7.24. The maximum absolute atomic E-state index is 12.0. The molecule has 1 saturated carbocycles. The van der Waals surface area contributed by atoms with E-state index in [1.54, 1.807) is 0 Å². The van der Waals surface area contributed by atoms with Crippen LogP contribution in [0.1, 0.15) is 51.4 Å². The van der Waals surface area contributed by atoms with E-state index in [-0.39, 0.29) is 12.4 Å². The highest BCUT2D eigenvalue weighted by atomic mass is 35.5. The largest absolute Gasteiger partial charge is 0.341 e. The molecule has 0 radical (unpaired) electrons. The zero-order chi connectivity index (χ0) is 12.1. The van der Waals surface area contributed by atoms with E-state index in [1.165, 1.54) is 32.1 Å². The topological polar surface area (TPSA) is 32.3 Å². The monoisotopic (exact) mass is 274 g/mol. The highest BCUT2D eigenvalue weighted by molar-refractivity contribution is 5.85. The average molecular weight is 275 g/mol. The van der Waals surface area contributed by atoms with Gasteiger partial charge in [-0.2, -0.15) is 0 Å². The van der Waals surface area contributed by atoms with Gasteiger partial charge in [-0.1, -0.05) is 25.7 Å². The first-order valence-corrected chi connectivity index (χ1v) is 7.24. The van der Waals surface area contributed by atoms with Crippen molar-refractivity contribution in [2.75, 3.05) is 20.1 Å². The zero-order valence-electron chi connectivity index (χ0n) is 11.5. The lowest BCUT2D eigenvalue weighted by molar-refractivity contribution is -0.131. The Morgan fingerprint density at radius 1 is 1.28 bits per heavy atom. The van der Waals surface area contributed by atoms with Gasteiger partial charge in [0.2, 0.25) is 5.91 Å². The van der Waals surface area contributed by atoms with E-state index >= 15 is 0 Å². The summed E-state index contributed by atoms with van der Waals surface area (Å²) in [6.07, 6.45) is 9.84. The number of hydrogen-bond donors (Lipinski definition) is 1. The molecule has 1 atom stereocenters. The summed E-state index contributed by atoms with van der Waals surface area (Å²) in [7, 11) is 1.97. The Bertz CT molecular complexity index is 248. The van der Waals surface area contributed by atoms with Crippen molar-refractivity contribution in [3.05, 3.63) is 0 Å². The van der Waals surface area contributed by atoms with E-state index in [9.17, 15) is 4.79 Å². The normalized spacial score (nSPS) is 23.9. The Morgan fingerprint density at radius 2 is 2.00 bits per heavy atom. The molecule has 2 fully saturated rings. The van der Waals surface area contributed by atoms with Crippen LogP contribution in [-0.2, 0) is 4.79 Å². The second-order valence-electron chi connectivity index (χ2n) is 5.69. The third-order valence-corrected chi connectivity index (χ3v) is 4.45. The lowest BCUT2D eigenvalue weighted by Crippen LogP contribution is -2.38. The molecule has 0 aromatic heterocycles. The highest BCUT2D eigenvalue weighted by Gasteiger charge is 2.23. The molecule has 106 valence electrons. The summed E-state index contributed by atoms with van der Waals surface area (Å²) in [5.41, 5.74) is 0. The fraction of sp³-hybridized carbons (Fsp3) is 0.929. The molecule has 18 heavy (non-hydrogen) atoms. The molecular formula is C14H27ClN2O. The number of halogens is 1. The predicted molar refractivity (Wildman–Crippen MR) is 77.1 cm³/mol. The minimum absolute atomic E-state index is 0. The lowest BCUT2D eigenvalue weighted by Gasteiger charge is -2.24. The van der Waals surface area contributed by atoms with Crippen molar-refractivity contribution in [2.24, 2.45) is 5.92 Å². The Hall–Kier alpha value is -0.280. The second-order valence-corrected chi connectivity index (χ2v) is 5.69. The quantitative estimate of drug-likeness (QED) is 0.836. The average Bonchev–Trinajstić information content (AvgIpc) is 3.00. The maximum Gasteiger partial charge on any atom is 0.222 e. The number of likely N-dealkylation sites (N-methyl/N-ethyl adjacent to an activating group) is 1. The highest BCUT2D eigenvalue weighted by Crippen LogP contribution is 2.29. The fourth-order valence-corrected chi connectivity index (χ4v) is 3.19. The van der Waals surface area contributed by atoms with Gasteiger partial charge in [0.15, 0.2) is 0 Å². The van der Waals surface area contributed by atoms with Gasteiger partial charge in [0, 0.05) is 26.1 Å². The Labute approximate surface area is 117 Å². The summed E-state index contributed by atoms with van der Waals surface area (Å²) in [4.78, 5) is 14.0. The van der Waals surface area contributed by atoms with Gasteiger partial charge in [0.05, 0.1) is 0 Å². The van der Waals surface area contributed by atoms with Gasteiger partial charge in [-0.3, -0.25) is 4.79 Å². The van der Waals surface area contributed by atoms with Crippen LogP contribution < -0.4 is 5.32 Å². The summed E-state index contributed by atoms with van der Waals surface area (Å²) >= 11 is 0. The van der Waals surface area contributed by atoms with Gasteiger partial charge in [-0.25, -0.2) is 0 Å². The van der Waals surface area contributed by atoms with E-state index in [2.05, 4.69) is 5.32 Å². The number of carbonyl (C=O) groups is 1. The summed E-state index contributed by atoms with van der Waals surface area (Å²) < 4.78 is 0. The second kappa shape index (κ2) is 8.00. The van der Waals surface area contributed by atoms with Crippen molar-refractivity contribution in [1.29, 1.82) is 0 Å². The van der Waals surface area contributed by atoms with Crippen molar-refractivity contribution in [2.45, 2.75) is 57.4 Å². The molecule has 2 rings (SSSR count). The zero-order valence-corrected chi connectivity index (χ0v) is 12.3. The molecule has 1 heterocycles. The Morgan fingerprint density at radius 3 is 2.61 bits per heavy atom. The number of hydrogen-bond acceptors (Lipinski definition) is 2. The van der Waals surface area contributed by atoms with Crippen molar-refractivity contribution in [3.8, 4) is 0 Å². The molecule has 1 unspecified atom stereocenters. The molecule has 1 aliphatic heterocycles. The smallest absolute Gasteiger partial charge is 0.222 e. The third kappa shape index (κ3) is 4.43. The summed E-state index contributed by atoms with van der Waals surface area (Å²) in [6, 6.07) is 0.439. The van der Waals surface area contributed by atoms with Crippen LogP contribution in [0.2, 0.25) is 0 Å². The van der Waals surface area contributed by atoms with Crippen molar-refractivity contribution < 1.29 is 4.79 Å². The Kier molecular flexibility index (Phi) is 7.02. The lowest BCUT2D eigenvalue weighted by atomic mass is 10.0. The molecule has 4 heteroatoms. The molecule has 3 nitrogen and oxygen atoms in total. The molecule has 1 amide bonds. The first kappa shape index (κ1) is 15.8. The number of nitrogens with zero attached hydrogens (tertiary/aromatic N) is 1. The molecule has 1 aliphatic carbocycles. The van der Waals surface area contributed by atoms with Crippen LogP contribution in [0.25, 0.3) is 0 Å². The van der Waals surface area contributed by atoms with Gasteiger partial charge < -0.3 is 10.2 Å². The van der Waals surface area contributed by atoms with Gasteiger partial charge in [0.25, 0.3) is 0 Å². The standard InChI is InChI=1S/C14H26N2O.ClH/c1-16(13-9-10-15-11-13)14(17)8-4-7-12-5-2-3-6-12;/h12-13,15H,2-11H2,1H3;1H. The van der Waals surface area contributed by atoms with Crippen LogP contribution in [0.3, 0.4) is 0 Å². The third-order valence-electron chi connectivity index (χ3n) is 4.45. The van der Waals surface area contributed by atoms with Crippen LogP contribution in [0.5, 0.6) is 0 Å². The van der Waals surface area contributed by atoms with E-state index < -0.39 is 0 Å². The molecule has 0 bridgehead atoms. The number of carbonyl (C=O) groups excluding carboxylic acids is 1. The number of rotatable bonds is 5. The first-order chi connectivity index (χ1) is 8.27. The van der Waals surface area contributed by atoms with E-state index in [4.69, 9.17) is 0 Å². The molecule has 1 saturated heterocycles. The molecule has 0 aromatic carbocycles.